The van der Waals surface area contributed by atoms with Crippen molar-refractivity contribution >= 4 is 6.09 Å². The fourth-order valence-corrected chi connectivity index (χ4v) is 2.16. The summed E-state index contributed by atoms with van der Waals surface area (Å²) in [5.74, 6) is 0.734. The van der Waals surface area contributed by atoms with Gasteiger partial charge in [-0.05, 0) is 25.0 Å². The summed E-state index contributed by atoms with van der Waals surface area (Å²) in [7, 11) is 0. The Labute approximate surface area is 116 Å². The molecule has 0 aliphatic rings. The van der Waals surface area contributed by atoms with Crippen molar-refractivity contribution < 1.29 is 19.5 Å². The number of aromatic nitrogens is 1. The Morgan fingerprint density at radius 2 is 2.00 bits per heavy atom. The first-order valence-electron chi connectivity index (χ1n) is 6.16. The summed E-state index contributed by atoms with van der Waals surface area (Å²) in [6.45, 7) is 3.41. The van der Waals surface area contributed by atoms with Gasteiger partial charge in [-0.3, -0.25) is 0 Å². The van der Waals surface area contributed by atoms with Gasteiger partial charge in [0.25, 0.3) is 0 Å². The predicted molar refractivity (Wildman–Crippen MR) is 72.4 cm³/mol. The molecule has 6 heteroatoms. The number of carboxylic acid groups (broad SMARTS) is 1. The van der Waals surface area contributed by atoms with Crippen LogP contribution in [0.25, 0.3) is 11.1 Å². The van der Waals surface area contributed by atoms with Gasteiger partial charge in [0.2, 0.25) is 0 Å². The number of rotatable bonds is 4. The monoisotopic (exact) mass is 276 g/mol. The molecule has 2 rings (SSSR count). The predicted octanol–water partition coefficient (Wildman–Crippen LogP) is 2.26. The number of carbonyl (C=O) groups is 1. The number of benzene rings is 1. The molecular formula is C14H16N2O4. The minimum absolute atomic E-state index is 0.295. The van der Waals surface area contributed by atoms with E-state index in [0.717, 1.165) is 22.6 Å². The van der Waals surface area contributed by atoms with Crippen molar-refractivity contribution in [3.8, 4) is 11.1 Å². The Morgan fingerprint density at radius 1 is 1.35 bits per heavy atom. The van der Waals surface area contributed by atoms with E-state index in [4.69, 9.17) is 9.63 Å². The summed E-state index contributed by atoms with van der Waals surface area (Å²) in [4.78, 5) is 10.6. The topological polar surface area (TPSA) is 95.6 Å². The average molecular weight is 276 g/mol. The number of nitrogens with one attached hydrogen (secondary N) is 1. The molecule has 0 fully saturated rings. The molecule has 1 aromatic carbocycles. The lowest BCUT2D eigenvalue weighted by Gasteiger charge is -2.14. The maximum atomic E-state index is 10.6. The molecule has 1 amide bonds. The van der Waals surface area contributed by atoms with Crippen LogP contribution < -0.4 is 5.32 Å². The Kier molecular flexibility index (Phi) is 4.05. The highest BCUT2D eigenvalue weighted by molar-refractivity contribution is 5.68. The van der Waals surface area contributed by atoms with E-state index in [-0.39, 0.29) is 6.61 Å². The number of aliphatic hydroxyl groups is 1. The summed E-state index contributed by atoms with van der Waals surface area (Å²) >= 11 is 0. The van der Waals surface area contributed by atoms with Gasteiger partial charge in [0.15, 0.2) is 0 Å². The van der Waals surface area contributed by atoms with E-state index < -0.39 is 12.1 Å². The zero-order valence-electron chi connectivity index (χ0n) is 11.3. The van der Waals surface area contributed by atoms with Gasteiger partial charge in [0.1, 0.15) is 5.76 Å². The first-order chi connectivity index (χ1) is 9.52. The van der Waals surface area contributed by atoms with Crippen LogP contribution >= 0.6 is 0 Å². The minimum atomic E-state index is -1.17. The largest absolute Gasteiger partial charge is 0.465 e. The van der Waals surface area contributed by atoms with Crippen LogP contribution in [0.1, 0.15) is 23.1 Å². The lowest BCUT2D eigenvalue weighted by Crippen LogP contribution is -2.29. The second kappa shape index (κ2) is 5.75. The summed E-state index contributed by atoms with van der Waals surface area (Å²) < 4.78 is 5.12. The molecule has 2 aromatic rings. The van der Waals surface area contributed by atoms with Crippen LogP contribution in [0.15, 0.2) is 28.8 Å². The highest BCUT2D eigenvalue weighted by Crippen LogP contribution is 2.27. The van der Waals surface area contributed by atoms with Gasteiger partial charge in [0.05, 0.1) is 18.3 Å². The fraction of sp³-hybridized carbons (Fsp3) is 0.286. The molecule has 6 nitrogen and oxygen atoms in total. The van der Waals surface area contributed by atoms with E-state index >= 15 is 0 Å². The molecule has 1 aromatic heterocycles. The molecule has 106 valence electrons. The second-order valence-corrected chi connectivity index (χ2v) is 4.51. The van der Waals surface area contributed by atoms with Crippen molar-refractivity contribution in [2.75, 3.05) is 6.61 Å². The van der Waals surface area contributed by atoms with Crippen LogP contribution in [0, 0.1) is 13.8 Å². The standard InChI is InChI=1S/C14H16N2O4/c1-8-13(9(2)20-16-8)11-5-3-10(4-6-11)12(7-17)15-14(18)19/h3-6,12,15,17H,7H2,1-2H3,(H,18,19)/t12-/m0/s1. The van der Waals surface area contributed by atoms with Crippen LogP contribution in [0.2, 0.25) is 0 Å². The SMILES string of the molecule is Cc1noc(C)c1-c1ccc([C@H](CO)NC(=O)O)cc1. The number of aliphatic hydroxyl groups excluding tert-OH is 1. The third kappa shape index (κ3) is 2.80. The normalized spacial score (nSPS) is 12.2. The average Bonchev–Trinajstić information content (AvgIpc) is 2.76. The van der Waals surface area contributed by atoms with Gasteiger partial charge < -0.3 is 20.1 Å². The molecule has 0 saturated carbocycles. The lowest BCUT2D eigenvalue weighted by molar-refractivity contribution is 0.177. The molecule has 0 saturated heterocycles. The molecular weight excluding hydrogens is 260 g/mol. The Bertz CT molecular complexity index is 585. The summed E-state index contributed by atoms with van der Waals surface area (Å²) in [6, 6.07) is 6.63. The van der Waals surface area contributed by atoms with E-state index in [2.05, 4.69) is 10.5 Å². The molecule has 0 aliphatic carbocycles. The summed E-state index contributed by atoms with van der Waals surface area (Å²) in [5.41, 5.74) is 3.38. The smallest absolute Gasteiger partial charge is 0.405 e. The zero-order valence-corrected chi connectivity index (χ0v) is 11.3. The van der Waals surface area contributed by atoms with Crippen molar-refractivity contribution in [3.05, 3.63) is 41.3 Å². The van der Waals surface area contributed by atoms with Gasteiger partial charge in [-0.15, -0.1) is 0 Å². The van der Waals surface area contributed by atoms with E-state index in [9.17, 15) is 9.90 Å². The number of hydrogen-bond donors (Lipinski definition) is 3. The van der Waals surface area contributed by atoms with E-state index in [1.165, 1.54) is 0 Å². The third-order valence-electron chi connectivity index (χ3n) is 3.12. The highest BCUT2D eigenvalue weighted by Gasteiger charge is 2.15. The van der Waals surface area contributed by atoms with E-state index in [1.54, 1.807) is 12.1 Å². The molecule has 1 heterocycles. The first-order valence-corrected chi connectivity index (χ1v) is 6.16. The van der Waals surface area contributed by atoms with Crippen LogP contribution in [-0.4, -0.2) is 28.1 Å². The summed E-state index contributed by atoms with van der Waals surface area (Å²) in [6.07, 6.45) is -1.17. The highest BCUT2D eigenvalue weighted by atomic mass is 16.5. The van der Waals surface area contributed by atoms with Crippen molar-refractivity contribution in [1.29, 1.82) is 0 Å². The van der Waals surface area contributed by atoms with Crippen LogP contribution in [0.5, 0.6) is 0 Å². The maximum absolute atomic E-state index is 10.6. The number of amides is 1. The van der Waals surface area contributed by atoms with Crippen molar-refractivity contribution in [1.82, 2.24) is 10.5 Å². The summed E-state index contributed by atoms with van der Waals surface area (Å²) in [5, 5.41) is 24.1. The molecule has 0 radical (unpaired) electrons. The van der Waals surface area contributed by atoms with Crippen molar-refractivity contribution in [2.45, 2.75) is 19.9 Å². The van der Waals surface area contributed by atoms with E-state index in [1.807, 2.05) is 26.0 Å². The molecule has 0 unspecified atom stereocenters. The second-order valence-electron chi connectivity index (χ2n) is 4.51. The molecule has 0 bridgehead atoms. The van der Waals surface area contributed by atoms with E-state index in [0.29, 0.717) is 5.56 Å². The third-order valence-corrected chi connectivity index (χ3v) is 3.12. The number of hydrogen-bond acceptors (Lipinski definition) is 4. The zero-order chi connectivity index (χ0) is 14.7. The first kappa shape index (κ1) is 14.1. The van der Waals surface area contributed by atoms with Gasteiger partial charge in [-0.2, -0.15) is 0 Å². The lowest BCUT2D eigenvalue weighted by atomic mass is 10.00. The van der Waals surface area contributed by atoms with Crippen LogP contribution in [0.3, 0.4) is 0 Å². The van der Waals surface area contributed by atoms with Crippen LogP contribution in [0.4, 0.5) is 4.79 Å². The fourth-order valence-electron chi connectivity index (χ4n) is 2.16. The Balaban J connectivity index is 2.28. The molecule has 1 atom stereocenters. The van der Waals surface area contributed by atoms with Gasteiger partial charge in [-0.1, -0.05) is 29.4 Å². The van der Waals surface area contributed by atoms with Crippen molar-refractivity contribution in [3.63, 3.8) is 0 Å². The van der Waals surface area contributed by atoms with Gasteiger partial charge in [-0.25, -0.2) is 4.79 Å². The molecule has 0 spiro atoms. The van der Waals surface area contributed by atoms with Crippen LogP contribution in [-0.2, 0) is 0 Å². The van der Waals surface area contributed by atoms with Gasteiger partial charge >= 0.3 is 6.09 Å². The molecule has 20 heavy (non-hydrogen) atoms. The Morgan fingerprint density at radius 3 is 2.45 bits per heavy atom. The number of nitrogens with zero attached hydrogens (tertiary/aromatic N) is 1. The molecule has 3 N–H and O–H groups in total. The molecule has 0 aliphatic heterocycles. The maximum Gasteiger partial charge on any atom is 0.405 e. The number of aryl methyl sites for hydroxylation is 2. The van der Waals surface area contributed by atoms with Crippen molar-refractivity contribution in [2.24, 2.45) is 0 Å². The quantitative estimate of drug-likeness (QED) is 0.796. The Hall–Kier alpha value is -2.34. The van der Waals surface area contributed by atoms with Gasteiger partial charge in [0, 0.05) is 5.56 Å². The minimum Gasteiger partial charge on any atom is -0.465 e.